The number of ether oxygens (including phenoxy) is 2. The van der Waals surface area contributed by atoms with Crippen molar-refractivity contribution in [2.45, 2.75) is 39.5 Å². The van der Waals surface area contributed by atoms with E-state index in [9.17, 15) is 19.2 Å². The molecule has 8 nitrogen and oxygen atoms in total. The van der Waals surface area contributed by atoms with Crippen molar-refractivity contribution in [1.29, 1.82) is 0 Å². The number of unbranched alkanes of at least 4 members (excludes halogenated alkanes) is 2. The Bertz CT molecular complexity index is 851. The number of rotatable bonds is 10. The molecule has 0 atom stereocenters. The number of carbonyl (C=O) groups excluding carboxylic acids is 2. The largest absolute Gasteiger partial charge is 2.00 e. The summed E-state index contributed by atoms with van der Waals surface area (Å²) < 4.78 is 9.91. The summed E-state index contributed by atoms with van der Waals surface area (Å²) in [7, 11) is 0. The van der Waals surface area contributed by atoms with Gasteiger partial charge in [-0.2, -0.15) is 0 Å². The Morgan fingerprint density at radius 3 is 1.21 bits per heavy atom. The summed E-state index contributed by atoms with van der Waals surface area (Å²) in [6, 6.07) is 12.1. The predicted molar refractivity (Wildman–Crippen MR) is 117 cm³/mol. The Morgan fingerprint density at radius 1 is 0.636 bits per heavy atom. The molecule has 0 heterocycles. The average Bonchev–Trinajstić information content (AvgIpc) is 2.79. The van der Waals surface area contributed by atoms with Crippen molar-refractivity contribution in [2.75, 3.05) is 13.2 Å². The van der Waals surface area contributed by atoms with E-state index in [1.54, 1.807) is 24.3 Å². The smallest absolute Gasteiger partial charge is 0.478 e. The van der Waals surface area contributed by atoms with Crippen LogP contribution in [-0.4, -0.2) is 47.3 Å². The van der Waals surface area contributed by atoms with Crippen molar-refractivity contribution in [3.63, 3.8) is 0 Å². The molecule has 2 aromatic carbocycles. The van der Waals surface area contributed by atoms with Crippen LogP contribution in [-0.2, 0) is 26.5 Å². The van der Waals surface area contributed by atoms with Crippen LogP contribution in [0.1, 0.15) is 81.0 Å². The van der Waals surface area contributed by atoms with Gasteiger partial charge in [0.2, 0.25) is 0 Å². The van der Waals surface area contributed by atoms with Crippen LogP contribution >= 0.6 is 0 Å². The zero-order valence-corrected chi connectivity index (χ0v) is 19.4. The first kappa shape index (κ1) is 29.8. The fraction of sp³-hybridized carbons (Fsp3) is 0.333. The van der Waals surface area contributed by atoms with Gasteiger partial charge in [-0.25, -0.2) is 19.2 Å². The van der Waals surface area contributed by atoms with Gasteiger partial charge in [0.15, 0.2) is 0 Å². The van der Waals surface area contributed by atoms with E-state index in [1.165, 1.54) is 24.3 Å². The van der Waals surface area contributed by atoms with Crippen LogP contribution < -0.4 is 0 Å². The summed E-state index contributed by atoms with van der Waals surface area (Å²) in [6.07, 6.45) is 3.41. The second-order valence-electron chi connectivity index (χ2n) is 6.68. The minimum Gasteiger partial charge on any atom is -0.478 e. The van der Waals surface area contributed by atoms with Crippen LogP contribution in [0.5, 0.6) is 0 Å². The molecule has 0 bridgehead atoms. The Hall–Kier alpha value is -3.16. The molecule has 9 heteroatoms. The molecule has 1 radical (unpaired) electrons. The first-order chi connectivity index (χ1) is 15.3. The number of benzene rings is 2. The van der Waals surface area contributed by atoms with E-state index >= 15 is 0 Å². The van der Waals surface area contributed by atoms with Gasteiger partial charge in [-0.1, -0.05) is 51.0 Å². The molecule has 0 saturated heterocycles. The van der Waals surface area contributed by atoms with Crippen molar-refractivity contribution in [3.8, 4) is 0 Å². The summed E-state index contributed by atoms with van der Waals surface area (Å²) in [4.78, 5) is 44.8. The number of carboxylic acids is 2. The van der Waals surface area contributed by atoms with Gasteiger partial charge in [0.1, 0.15) is 0 Å². The van der Waals surface area contributed by atoms with E-state index < -0.39 is 23.9 Å². The average molecular weight is 508 g/mol. The maximum atomic E-state index is 11.6. The van der Waals surface area contributed by atoms with E-state index in [0.717, 1.165) is 25.7 Å². The molecule has 0 fully saturated rings. The maximum Gasteiger partial charge on any atom is 2.00 e. The normalized spacial score (nSPS) is 9.52. The molecule has 2 aromatic rings. The van der Waals surface area contributed by atoms with E-state index in [2.05, 4.69) is 0 Å². The van der Waals surface area contributed by atoms with Gasteiger partial charge in [-0.05, 0) is 37.1 Å². The minimum atomic E-state index is -1.12. The van der Waals surface area contributed by atoms with Crippen LogP contribution in [0.2, 0.25) is 0 Å². The van der Waals surface area contributed by atoms with Gasteiger partial charge in [-0.15, -0.1) is 0 Å². The van der Waals surface area contributed by atoms with Crippen molar-refractivity contribution in [1.82, 2.24) is 0 Å². The van der Waals surface area contributed by atoms with E-state index in [-0.39, 0.29) is 39.3 Å². The topological polar surface area (TPSA) is 127 Å². The van der Waals surface area contributed by atoms with Gasteiger partial charge < -0.3 is 19.7 Å². The Balaban J connectivity index is 0.000000602. The van der Waals surface area contributed by atoms with Gasteiger partial charge in [0, 0.05) is 0 Å². The molecule has 0 amide bonds. The Labute approximate surface area is 203 Å². The number of hydrogen-bond acceptors (Lipinski definition) is 6. The van der Waals surface area contributed by atoms with E-state index in [1.807, 2.05) is 13.8 Å². The third-order valence-electron chi connectivity index (χ3n) is 4.22. The number of aromatic carboxylic acids is 2. The zero-order chi connectivity index (χ0) is 23.9. The Morgan fingerprint density at radius 2 is 0.939 bits per heavy atom. The number of carboxylic acid groups (broad SMARTS) is 2. The van der Waals surface area contributed by atoms with Crippen molar-refractivity contribution >= 4 is 23.9 Å². The fourth-order valence-corrected chi connectivity index (χ4v) is 2.47. The number of hydrogen-bond donors (Lipinski definition) is 2. The molecular weight excluding hydrogens is 480 g/mol. The molecule has 0 aliphatic rings. The molecule has 2 rings (SSSR count). The molecule has 0 aliphatic heterocycles. The predicted octanol–water partition coefficient (Wildman–Crippen LogP) is 4.68. The molecule has 33 heavy (non-hydrogen) atoms. The summed E-state index contributed by atoms with van der Waals surface area (Å²) in [5.74, 6) is -3.40. The fourth-order valence-electron chi connectivity index (χ4n) is 2.47. The van der Waals surface area contributed by atoms with Crippen molar-refractivity contribution in [2.24, 2.45) is 0 Å². The summed E-state index contributed by atoms with van der Waals surface area (Å²) >= 11 is 0. The summed E-state index contributed by atoms with van der Waals surface area (Å²) in [5, 5.41) is 17.8. The second-order valence-corrected chi connectivity index (χ2v) is 6.68. The first-order valence-electron chi connectivity index (χ1n) is 10.3. The third-order valence-corrected chi connectivity index (χ3v) is 4.22. The van der Waals surface area contributed by atoms with E-state index in [0.29, 0.717) is 13.2 Å². The maximum absolute atomic E-state index is 11.6. The molecule has 0 aliphatic carbocycles. The molecule has 181 valence electrons. The monoisotopic (exact) mass is 507 g/mol. The third kappa shape index (κ3) is 10.3. The van der Waals surface area contributed by atoms with Gasteiger partial charge >= 0.3 is 40.9 Å². The molecule has 0 spiro atoms. The SMILES string of the molecule is CCCCOC(=O)c1ccccc1C(=O)O.CCCCOC(=O)c1ccccc1C(=O)O.[Cu+2]. The van der Waals surface area contributed by atoms with Gasteiger partial charge in [0.05, 0.1) is 35.5 Å². The van der Waals surface area contributed by atoms with Crippen LogP contribution in [0.4, 0.5) is 0 Å². The Kier molecular flexibility index (Phi) is 14.9. The van der Waals surface area contributed by atoms with Crippen LogP contribution in [0.25, 0.3) is 0 Å². The van der Waals surface area contributed by atoms with E-state index in [4.69, 9.17) is 19.7 Å². The van der Waals surface area contributed by atoms with Gasteiger partial charge in [0.25, 0.3) is 0 Å². The molecular formula is C24H28CuO8+2. The molecule has 0 unspecified atom stereocenters. The molecule has 0 aromatic heterocycles. The zero-order valence-electron chi connectivity index (χ0n) is 18.5. The second kappa shape index (κ2) is 16.5. The number of esters is 2. The van der Waals surface area contributed by atoms with Crippen molar-refractivity contribution in [3.05, 3.63) is 70.8 Å². The van der Waals surface area contributed by atoms with Crippen LogP contribution in [0, 0.1) is 0 Å². The molecule has 0 saturated carbocycles. The minimum absolute atomic E-state index is 0. The number of carbonyl (C=O) groups is 4. The first-order valence-corrected chi connectivity index (χ1v) is 10.3. The quantitative estimate of drug-likeness (QED) is 0.269. The van der Waals surface area contributed by atoms with Crippen molar-refractivity contribution < 1.29 is 55.9 Å². The molecule has 2 N–H and O–H groups in total. The van der Waals surface area contributed by atoms with Crippen LogP contribution in [0.15, 0.2) is 48.5 Å². The van der Waals surface area contributed by atoms with Gasteiger partial charge in [-0.3, -0.25) is 0 Å². The standard InChI is InChI=1S/2C12H14O4.Cu/c2*1-2-3-8-16-12(15)10-7-5-4-6-9(10)11(13)14;/h2*4-7H,2-3,8H2,1H3,(H,13,14);/q;;+2. The summed E-state index contributed by atoms with van der Waals surface area (Å²) in [5.41, 5.74) is 0.158. The van der Waals surface area contributed by atoms with Crippen LogP contribution in [0.3, 0.4) is 0 Å². The summed E-state index contributed by atoms with van der Waals surface area (Å²) in [6.45, 7) is 4.62.